The van der Waals surface area contributed by atoms with E-state index in [2.05, 4.69) is 29.4 Å². The number of carbonyl (C=O) groups is 1. The molecule has 23 heavy (non-hydrogen) atoms. The summed E-state index contributed by atoms with van der Waals surface area (Å²) in [7, 11) is 1.64. The van der Waals surface area contributed by atoms with E-state index in [4.69, 9.17) is 4.74 Å². The van der Waals surface area contributed by atoms with Crippen LogP contribution in [0, 0.1) is 6.92 Å². The Morgan fingerprint density at radius 2 is 2.22 bits per heavy atom. The minimum atomic E-state index is -0.0664. The number of thioether (sulfide) groups is 1. The Labute approximate surface area is 139 Å². The average Bonchev–Trinajstić information content (AvgIpc) is 3.14. The first-order valence-corrected chi connectivity index (χ1v) is 8.58. The molecule has 1 saturated heterocycles. The van der Waals surface area contributed by atoms with E-state index >= 15 is 0 Å². The maximum absolute atomic E-state index is 12.0. The number of hydrogen-bond donors (Lipinski definition) is 0. The van der Waals surface area contributed by atoms with Crippen LogP contribution in [0.2, 0.25) is 0 Å². The fourth-order valence-corrected chi connectivity index (χ4v) is 3.74. The third-order valence-corrected chi connectivity index (χ3v) is 5.13. The molecule has 1 fully saturated rings. The topological polar surface area (TPSA) is 60.2 Å². The molecule has 0 spiro atoms. The number of carbonyl (C=O) groups excluding carboxylic acids is 1. The molecule has 0 radical (unpaired) electrons. The summed E-state index contributed by atoms with van der Waals surface area (Å²) in [5.41, 5.74) is 3.28. The summed E-state index contributed by atoms with van der Waals surface area (Å²) < 4.78 is 6.92. The van der Waals surface area contributed by atoms with Crippen LogP contribution in [0.15, 0.2) is 30.5 Å². The molecule has 0 bridgehead atoms. The molecule has 6 nitrogen and oxygen atoms in total. The van der Waals surface area contributed by atoms with E-state index in [1.54, 1.807) is 18.9 Å². The number of nitrogens with zero attached hydrogens (tertiary/aromatic N) is 4. The Morgan fingerprint density at radius 1 is 1.39 bits per heavy atom. The fraction of sp³-hybridized carbons (Fsp3) is 0.438. The second-order valence-corrected chi connectivity index (χ2v) is 6.58. The van der Waals surface area contributed by atoms with Gasteiger partial charge in [-0.1, -0.05) is 29.5 Å². The van der Waals surface area contributed by atoms with Crippen molar-refractivity contribution >= 4 is 17.7 Å². The van der Waals surface area contributed by atoms with Crippen molar-refractivity contribution in [2.45, 2.75) is 18.8 Å². The SMILES string of the molecule is COCCN1C(=O)CSC1c1cn(Cc2ccccc2C)nn1. The van der Waals surface area contributed by atoms with Gasteiger partial charge in [-0.25, -0.2) is 4.68 Å². The van der Waals surface area contributed by atoms with Gasteiger partial charge >= 0.3 is 0 Å². The van der Waals surface area contributed by atoms with Gasteiger partial charge in [-0.3, -0.25) is 4.79 Å². The molecule has 1 amide bonds. The summed E-state index contributed by atoms with van der Waals surface area (Å²) in [5.74, 6) is 0.615. The number of methoxy groups -OCH3 is 1. The lowest BCUT2D eigenvalue weighted by Gasteiger charge is -2.21. The molecule has 1 unspecified atom stereocenters. The lowest BCUT2D eigenvalue weighted by molar-refractivity contribution is -0.128. The van der Waals surface area contributed by atoms with Gasteiger partial charge in [-0.05, 0) is 18.1 Å². The van der Waals surface area contributed by atoms with Crippen molar-refractivity contribution in [1.82, 2.24) is 19.9 Å². The van der Waals surface area contributed by atoms with Crippen LogP contribution in [-0.4, -0.2) is 51.8 Å². The van der Waals surface area contributed by atoms with E-state index in [0.29, 0.717) is 25.4 Å². The van der Waals surface area contributed by atoms with Crippen molar-refractivity contribution in [3.8, 4) is 0 Å². The van der Waals surface area contributed by atoms with Crippen LogP contribution in [0.5, 0.6) is 0 Å². The van der Waals surface area contributed by atoms with Crippen LogP contribution >= 0.6 is 11.8 Å². The maximum Gasteiger partial charge on any atom is 0.233 e. The monoisotopic (exact) mass is 332 g/mol. The summed E-state index contributed by atoms with van der Waals surface area (Å²) in [5, 5.41) is 8.43. The van der Waals surface area contributed by atoms with Gasteiger partial charge in [0.25, 0.3) is 0 Å². The summed E-state index contributed by atoms with van der Waals surface area (Å²) in [6.45, 7) is 3.88. The van der Waals surface area contributed by atoms with Crippen molar-refractivity contribution < 1.29 is 9.53 Å². The molecule has 1 aromatic carbocycles. The minimum absolute atomic E-state index is 0.0664. The van der Waals surface area contributed by atoms with Crippen LogP contribution in [0.1, 0.15) is 22.2 Å². The normalized spacial score (nSPS) is 17.9. The predicted octanol–water partition coefficient (Wildman–Crippen LogP) is 1.86. The molecule has 122 valence electrons. The summed E-state index contributed by atoms with van der Waals surface area (Å²) in [4.78, 5) is 13.8. The molecule has 2 aromatic rings. The molecule has 1 aromatic heterocycles. The third-order valence-electron chi connectivity index (χ3n) is 3.91. The van der Waals surface area contributed by atoms with Crippen LogP contribution in [0.3, 0.4) is 0 Å². The van der Waals surface area contributed by atoms with Gasteiger partial charge in [0.1, 0.15) is 11.1 Å². The molecule has 0 saturated carbocycles. The first-order chi connectivity index (χ1) is 11.2. The van der Waals surface area contributed by atoms with Gasteiger partial charge in [0.2, 0.25) is 5.91 Å². The van der Waals surface area contributed by atoms with E-state index in [-0.39, 0.29) is 11.3 Å². The second kappa shape index (κ2) is 7.14. The average molecular weight is 332 g/mol. The standard InChI is InChI=1S/C16H20N4O2S/c1-12-5-3-4-6-13(12)9-19-10-14(17-18-19)16-20(7-8-22-2)15(21)11-23-16/h3-6,10,16H,7-9,11H2,1-2H3. The quantitative estimate of drug-likeness (QED) is 0.808. The zero-order valence-corrected chi connectivity index (χ0v) is 14.1. The maximum atomic E-state index is 12.0. The number of rotatable bonds is 6. The predicted molar refractivity (Wildman–Crippen MR) is 89.1 cm³/mol. The van der Waals surface area contributed by atoms with E-state index in [1.165, 1.54) is 11.1 Å². The minimum Gasteiger partial charge on any atom is -0.383 e. The number of hydrogen-bond acceptors (Lipinski definition) is 5. The number of aryl methyl sites for hydroxylation is 1. The number of amides is 1. The summed E-state index contributed by atoms with van der Waals surface area (Å²) >= 11 is 1.59. The second-order valence-electron chi connectivity index (χ2n) is 5.51. The van der Waals surface area contributed by atoms with Crippen LogP contribution in [0.4, 0.5) is 0 Å². The largest absolute Gasteiger partial charge is 0.383 e. The molecule has 2 heterocycles. The Morgan fingerprint density at radius 3 is 3.00 bits per heavy atom. The highest BCUT2D eigenvalue weighted by Gasteiger charge is 2.34. The van der Waals surface area contributed by atoms with Crippen molar-refractivity contribution in [3.63, 3.8) is 0 Å². The Hall–Kier alpha value is -1.86. The van der Waals surface area contributed by atoms with Crippen LogP contribution in [-0.2, 0) is 16.1 Å². The Balaban J connectivity index is 1.73. The molecule has 1 aliphatic heterocycles. The highest BCUT2D eigenvalue weighted by atomic mass is 32.2. The van der Waals surface area contributed by atoms with Gasteiger partial charge in [-0.15, -0.1) is 16.9 Å². The molecule has 0 N–H and O–H groups in total. The summed E-state index contributed by atoms with van der Waals surface area (Å²) in [6, 6.07) is 8.23. The molecule has 7 heteroatoms. The third kappa shape index (κ3) is 3.56. The molecule has 3 rings (SSSR count). The molecule has 0 aliphatic carbocycles. The van der Waals surface area contributed by atoms with Crippen molar-refractivity contribution in [2.75, 3.05) is 26.0 Å². The molecular weight excluding hydrogens is 312 g/mol. The first kappa shape index (κ1) is 16.0. The Bertz CT molecular complexity index is 688. The lowest BCUT2D eigenvalue weighted by Crippen LogP contribution is -2.31. The van der Waals surface area contributed by atoms with Gasteiger partial charge in [0.05, 0.1) is 25.1 Å². The molecule has 1 atom stereocenters. The zero-order chi connectivity index (χ0) is 16.2. The van der Waals surface area contributed by atoms with Crippen LogP contribution < -0.4 is 0 Å². The van der Waals surface area contributed by atoms with Gasteiger partial charge < -0.3 is 9.64 Å². The van der Waals surface area contributed by atoms with Gasteiger partial charge in [-0.2, -0.15) is 0 Å². The van der Waals surface area contributed by atoms with E-state index in [9.17, 15) is 4.79 Å². The highest BCUT2D eigenvalue weighted by Crippen LogP contribution is 2.37. The number of ether oxygens (including phenoxy) is 1. The van der Waals surface area contributed by atoms with Gasteiger partial charge in [0.15, 0.2) is 0 Å². The smallest absolute Gasteiger partial charge is 0.233 e. The van der Waals surface area contributed by atoms with Crippen molar-refractivity contribution in [3.05, 3.63) is 47.3 Å². The fourth-order valence-electron chi connectivity index (χ4n) is 2.60. The number of aromatic nitrogens is 3. The molecular formula is C16H20N4O2S. The van der Waals surface area contributed by atoms with Gasteiger partial charge in [0, 0.05) is 13.7 Å². The summed E-state index contributed by atoms with van der Waals surface area (Å²) in [6.07, 6.45) is 1.93. The number of benzene rings is 1. The van der Waals surface area contributed by atoms with Crippen molar-refractivity contribution in [2.24, 2.45) is 0 Å². The van der Waals surface area contributed by atoms with E-state index in [1.807, 2.05) is 27.9 Å². The lowest BCUT2D eigenvalue weighted by atomic mass is 10.1. The molecule has 1 aliphatic rings. The van der Waals surface area contributed by atoms with Crippen LogP contribution in [0.25, 0.3) is 0 Å². The van der Waals surface area contributed by atoms with E-state index < -0.39 is 0 Å². The van der Waals surface area contributed by atoms with Crippen molar-refractivity contribution in [1.29, 1.82) is 0 Å². The first-order valence-electron chi connectivity index (χ1n) is 7.53. The Kier molecular flexibility index (Phi) is 4.97. The highest BCUT2D eigenvalue weighted by molar-refractivity contribution is 8.00. The zero-order valence-electron chi connectivity index (χ0n) is 13.3. The van der Waals surface area contributed by atoms with E-state index in [0.717, 1.165) is 5.69 Å².